The highest BCUT2D eigenvalue weighted by Gasteiger charge is 2.10. The molecule has 0 aliphatic carbocycles. The summed E-state index contributed by atoms with van der Waals surface area (Å²) in [7, 11) is 0. The van der Waals surface area contributed by atoms with Gasteiger partial charge in [0.05, 0.1) is 0 Å². The zero-order valence-electron chi connectivity index (χ0n) is 8.92. The average Bonchev–Trinajstić information content (AvgIpc) is 2.34. The summed E-state index contributed by atoms with van der Waals surface area (Å²) in [5, 5.41) is 10.3. The molecule has 0 radical (unpaired) electrons. The fourth-order valence-corrected chi connectivity index (χ4v) is 1.05. The minimum absolute atomic E-state index is 0.566. The van der Waals surface area contributed by atoms with Gasteiger partial charge < -0.3 is 10.4 Å². The second-order valence-corrected chi connectivity index (χ2v) is 3.18. The Balaban J connectivity index is 2.52. The van der Waals surface area contributed by atoms with Crippen molar-refractivity contribution in [3.05, 3.63) is 42.0 Å². The second kappa shape index (κ2) is 6.22. The van der Waals surface area contributed by atoms with Gasteiger partial charge >= 0.3 is 5.97 Å². The maximum Gasteiger partial charge on any atom is 0.322 e. The number of hydrogen-bond acceptors (Lipinski definition) is 3. The standard InChI is InChI=1S/C12H11NO4/c14-10(12(17)13-8-11(15)16)7-6-9-4-2-1-3-5-9/h1-7H,8H2,(H,13,17)(H,15,16)/b7-6+. The van der Waals surface area contributed by atoms with Gasteiger partial charge in [-0.15, -0.1) is 0 Å². The van der Waals surface area contributed by atoms with E-state index in [1.54, 1.807) is 24.3 Å². The van der Waals surface area contributed by atoms with Gasteiger partial charge in [-0.25, -0.2) is 0 Å². The van der Waals surface area contributed by atoms with Gasteiger partial charge in [-0.05, 0) is 11.6 Å². The quantitative estimate of drug-likeness (QED) is 0.572. The fraction of sp³-hybridized carbons (Fsp3) is 0.0833. The molecule has 2 N–H and O–H groups in total. The lowest BCUT2D eigenvalue weighted by molar-refractivity contribution is -0.140. The van der Waals surface area contributed by atoms with E-state index in [0.29, 0.717) is 0 Å². The summed E-state index contributed by atoms with van der Waals surface area (Å²) in [6.45, 7) is -0.566. The normalized spacial score (nSPS) is 10.1. The molecule has 0 aliphatic heterocycles. The van der Waals surface area contributed by atoms with Crippen molar-refractivity contribution in [2.24, 2.45) is 0 Å². The predicted octanol–water partition coefficient (Wildman–Crippen LogP) is 0.470. The molecule has 0 atom stereocenters. The summed E-state index contributed by atoms with van der Waals surface area (Å²) in [6, 6.07) is 8.99. The zero-order chi connectivity index (χ0) is 12.7. The highest BCUT2D eigenvalue weighted by Crippen LogP contribution is 2.00. The van der Waals surface area contributed by atoms with Crippen molar-refractivity contribution >= 4 is 23.7 Å². The van der Waals surface area contributed by atoms with Gasteiger partial charge in [0.25, 0.3) is 5.91 Å². The molecule has 1 aromatic rings. The Morgan fingerprint density at radius 2 is 1.82 bits per heavy atom. The van der Waals surface area contributed by atoms with Crippen molar-refractivity contribution in [3.8, 4) is 0 Å². The van der Waals surface area contributed by atoms with Crippen molar-refractivity contribution in [2.45, 2.75) is 0 Å². The van der Waals surface area contributed by atoms with E-state index in [1.807, 2.05) is 11.4 Å². The molecule has 88 valence electrons. The van der Waals surface area contributed by atoms with Crippen LogP contribution in [0, 0.1) is 0 Å². The first kappa shape index (κ1) is 12.6. The molecular weight excluding hydrogens is 222 g/mol. The second-order valence-electron chi connectivity index (χ2n) is 3.18. The molecule has 0 saturated heterocycles. The minimum Gasteiger partial charge on any atom is -0.480 e. The lowest BCUT2D eigenvalue weighted by Gasteiger charge is -1.97. The Morgan fingerprint density at radius 1 is 1.18 bits per heavy atom. The molecule has 17 heavy (non-hydrogen) atoms. The van der Waals surface area contributed by atoms with Crippen LogP contribution in [0.2, 0.25) is 0 Å². The number of rotatable bonds is 5. The monoisotopic (exact) mass is 233 g/mol. The molecule has 1 rings (SSSR count). The summed E-state index contributed by atoms with van der Waals surface area (Å²) < 4.78 is 0. The molecular formula is C12H11NO4. The van der Waals surface area contributed by atoms with Gasteiger partial charge in [-0.2, -0.15) is 0 Å². The van der Waals surface area contributed by atoms with E-state index in [9.17, 15) is 14.4 Å². The van der Waals surface area contributed by atoms with Gasteiger partial charge in [0.1, 0.15) is 6.54 Å². The van der Waals surface area contributed by atoms with Crippen LogP contribution in [-0.2, 0) is 14.4 Å². The number of carboxylic acid groups (broad SMARTS) is 1. The number of hydrogen-bond donors (Lipinski definition) is 2. The van der Waals surface area contributed by atoms with Crippen molar-refractivity contribution < 1.29 is 19.5 Å². The summed E-state index contributed by atoms with van der Waals surface area (Å²) >= 11 is 0. The van der Waals surface area contributed by atoms with E-state index >= 15 is 0 Å². The van der Waals surface area contributed by atoms with Crippen molar-refractivity contribution in [2.75, 3.05) is 6.54 Å². The van der Waals surface area contributed by atoms with Crippen LogP contribution < -0.4 is 5.32 Å². The molecule has 0 aliphatic rings. The number of benzene rings is 1. The van der Waals surface area contributed by atoms with Crippen LogP contribution in [0.1, 0.15) is 5.56 Å². The minimum atomic E-state index is -1.20. The van der Waals surface area contributed by atoms with Crippen LogP contribution in [-0.4, -0.2) is 29.3 Å². The molecule has 0 bridgehead atoms. The first-order valence-electron chi connectivity index (χ1n) is 4.86. The van der Waals surface area contributed by atoms with Crippen molar-refractivity contribution in [1.29, 1.82) is 0 Å². The van der Waals surface area contributed by atoms with E-state index in [0.717, 1.165) is 11.6 Å². The lowest BCUT2D eigenvalue weighted by Crippen LogP contribution is -2.33. The van der Waals surface area contributed by atoms with Gasteiger partial charge in [-0.1, -0.05) is 36.4 Å². The number of amides is 1. The number of carboxylic acids is 1. The zero-order valence-corrected chi connectivity index (χ0v) is 8.92. The SMILES string of the molecule is O=C(O)CNC(=O)C(=O)/C=C/c1ccccc1. The number of aliphatic carboxylic acids is 1. The smallest absolute Gasteiger partial charge is 0.322 e. The van der Waals surface area contributed by atoms with Crippen LogP contribution in [0.3, 0.4) is 0 Å². The van der Waals surface area contributed by atoms with Gasteiger partial charge in [0, 0.05) is 0 Å². The average molecular weight is 233 g/mol. The largest absolute Gasteiger partial charge is 0.480 e. The third-order valence-corrected chi connectivity index (χ3v) is 1.85. The number of ketones is 1. The highest BCUT2D eigenvalue weighted by molar-refractivity contribution is 6.41. The summed E-state index contributed by atoms with van der Waals surface area (Å²) in [6.07, 6.45) is 2.59. The highest BCUT2D eigenvalue weighted by atomic mass is 16.4. The molecule has 5 nitrogen and oxygen atoms in total. The maximum atomic E-state index is 11.2. The van der Waals surface area contributed by atoms with Gasteiger partial charge in [0.2, 0.25) is 5.78 Å². The molecule has 1 amide bonds. The summed E-state index contributed by atoms with van der Waals surface area (Å²) in [4.78, 5) is 32.5. The van der Waals surface area contributed by atoms with Crippen LogP contribution in [0.4, 0.5) is 0 Å². The topological polar surface area (TPSA) is 83.5 Å². The molecule has 0 unspecified atom stereocenters. The molecule has 0 spiro atoms. The van der Waals surface area contributed by atoms with Crippen LogP contribution in [0.5, 0.6) is 0 Å². The molecule has 1 aromatic carbocycles. The number of nitrogens with one attached hydrogen (secondary N) is 1. The first-order valence-corrected chi connectivity index (χ1v) is 4.86. The molecule has 0 saturated carbocycles. The van der Waals surface area contributed by atoms with E-state index in [-0.39, 0.29) is 0 Å². The third-order valence-electron chi connectivity index (χ3n) is 1.85. The maximum absolute atomic E-state index is 11.2. The van der Waals surface area contributed by atoms with Crippen molar-refractivity contribution in [1.82, 2.24) is 5.32 Å². The lowest BCUT2D eigenvalue weighted by atomic mass is 10.2. The van der Waals surface area contributed by atoms with E-state index in [1.165, 1.54) is 6.08 Å². The first-order chi connectivity index (χ1) is 8.09. The van der Waals surface area contributed by atoms with Gasteiger partial charge in [-0.3, -0.25) is 14.4 Å². The van der Waals surface area contributed by atoms with E-state index in [4.69, 9.17) is 5.11 Å². The Kier molecular flexibility index (Phi) is 4.62. The summed E-state index contributed by atoms with van der Waals surface area (Å²) in [5.74, 6) is -2.91. The predicted molar refractivity (Wildman–Crippen MR) is 61.1 cm³/mol. The molecule has 0 aromatic heterocycles. The third kappa shape index (κ3) is 4.74. The molecule has 5 heteroatoms. The fourth-order valence-electron chi connectivity index (χ4n) is 1.05. The van der Waals surface area contributed by atoms with E-state index < -0.39 is 24.2 Å². The van der Waals surface area contributed by atoms with Crippen LogP contribution >= 0.6 is 0 Å². The summed E-state index contributed by atoms with van der Waals surface area (Å²) in [5.41, 5.74) is 0.784. The molecule has 0 fully saturated rings. The Hall–Kier alpha value is -2.43. The molecule has 0 heterocycles. The van der Waals surface area contributed by atoms with Gasteiger partial charge in [0.15, 0.2) is 0 Å². The van der Waals surface area contributed by atoms with E-state index in [2.05, 4.69) is 0 Å². The number of carbonyl (C=O) groups is 3. The number of carbonyl (C=O) groups excluding carboxylic acids is 2. The van der Waals surface area contributed by atoms with Crippen LogP contribution in [0.25, 0.3) is 6.08 Å². The van der Waals surface area contributed by atoms with Crippen molar-refractivity contribution in [3.63, 3.8) is 0 Å². The van der Waals surface area contributed by atoms with Crippen LogP contribution in [0.15, 0.2) is 36.4 Å². The Morgan fingerprint density at radius 3 is 2.41 bits per heavy atom. The Bertz CT molecular complexity index is 451. The Labute approximate surface area is 97.8 Å².